The van der Waals surface area contributed by atoms with Crippen LogP contribution in [0.15, 0.2) is 12.7 Å². The van der Waals surface area contributed by atoms with Crippen molar-refractivity contribution in [3.8, 4) is 0 Å². The fraction of sp³-hybridized carbons (Fsp3) is 0.906. The van der Waals surface area contributed by atoms with Crippen molar-refractivity contribution >= 4 is 5.97 Å². The molecule has 0 spiro atoms. The van der Waals surface area contributed by atoms with Gasteiger partial charge in [-0.15, -0.1) is 0 Å². The summed E-state index contributed by atoms with van der Waals surface area (Å²) in [4.78, 5) is 12.5. The fourth-order valence-electron chi connectivity index (χ4n) is 11.5. The number of aliphatic hydroxyl groups excluding tert-OH is 1. The Morgan fingerprint density at radius 1 is 1.05 bits per heavy atom. The van der Waals surface area contributed by atoms with Crippen LogP contribution >= 0.6 is 0 Å². The number of hydrogen-bond donors (Lipinski definition) is 1. The lowest BCUT2D eigenvalue weighted by Gasteiger charge is -2.64. The highest BCUT2D eigenvalue weighted by molar-refractivity contribution is 5.66. The molecule has 0 aromatic carbocycles. The molecule has 4 aliphatic carbocycles. The number of likely N-dealkylation sites (tertiary alicyclic amines) is 1. The molecule has 10 atom stereocenters. The van der Waals surface area contributed by atoms with Gasteiger partial charge in [0.15, 0.2) is 6.10 Å². The summed E-state index contributed by atoms with van der Waals surface area (Å²) in [5.74, 6) is 2.05. The first-order valence-corrected chi connectivity index (χ1v) is 16.0. The highest BCUT2D eigenvalue weighted by Gasteiger charge is 2.68. The third-order valence-corrected chi connectivity index (χ3v) is 13.4. The van der Waals surface area contributed by atoms with Gasteiger partial charge in [-0.3, -0.25) is 4.79 Å². The molecule has 2 heterocycles. The number of hydroxylamine groups is 3. The molecule has 2 saturated heterocycles. The number of carbonyl (C=O) groups is 1. The van der Waals surface area contributed by atoms with Crippen molar-refractivity contribution in [3.05, 3.63) is 17.9 Å². The molecule has 1 N–H and O–H groups in total. The molecule has 0 amide bonds. The molecule has 39 heavy (non-hydrogen) atoms. The summed E-state index contributed by atoms with van der Waals surface area (Å²) in [6, 6.07) is 0.108. The van der Waals surface area contributed by atoms with Gasteiger partial charge in [-0.2, -0.15) is 0 Å². The topological polar surface area (TPSA) is 78.8 Å². The fourth-order valence-corrected chi connectivity index (χ4v) is 11.5. The average molecular weight is 546 g/mol. The molecule has 7 heteroatoms. The maximum absolute atomic E-state index is 14.0. The quantitative estimate of drug-likeness (QED) is 0.240. The van der Waals surface area contributed by atoms with E-state index in [0.717, 1.165) is 62.6 Å². The van der Waals surface area contributed by atoms with E-state index in [9.17, 15) is 15.1 Å². The average Bonchev–Trinajstić information content (AvgIpc) is 3.48. The highest BCUT2D eigenvalue weighted by Crippen LogP contribution is 2.68. The van der Waals surface area contributed by atoms with Crippen LogP contribution in [0.1, 0.15) is 78.6 Å². The SMILES string of the molecule is C=CC[N+]1([C@@H]2C[C@@H]3[C@H]4CC[C@@H]5C[C@@H](O)[C@H]([N+]6([O-])CCOCC6)C[C@@]5(C)[C@@H]4CC[C@@]3(C)[C@@H]2OC(C)=O)CCCC1. The number of rotatable bonds is 5. The second-order valence-electron chi connectivity index (χ2n) is 15.0. The van der Waals surface area contributed by atoms with Gasteiger partial charge in [0.2, 0.25) is 0 Å². The zero-order valence-corrected chi connectivity index (χ0v) is 24.7. The van der Waals surface area contributed by atoms with Gasteiger partial charge in [0, 0.05) is 38.0 Å². The van der Waals surface area contributed by atoms with Gasteiger partial charge in [0.25, 0.3) is 0 Å². The number of aliphatic hydroxyl groups is 1. The van der Waals surface area contributed by atoms with E-state index < -0.39 is 6.10 Å². The monoisotopic (exact) mass is 545 g/mol. The van der Waals surface area contributed by atoms with E-state index in [0.29, 0.717) is 56.0 Å². The minimum atomic E-state index is -0.508. The Kier molecular flexibility index (Phi) is 7.27. The maximum atomic E-state index is 14.0. The molecule has 7 nitrogen and oxygen atoms in total. The van der Waals surface area contributed by atoms with Crippen LogP contribution in [0.25, 0.3) is 0 Å². The molecule has 220 valence electrons. The van der Waals surface area contributed by atoms with Crippen LogP contribution in [0.4, 0.5) is 0 Å². The van der Waals surface area contributed by atoms with E-state index in [2.05, 4.69) is 26.5 Å². The van der Waals surface area contributed by atoms with Crippen molar-refractivity contribution in [2.24, 2.45) is 34.5 Å². The predicted octanol–water partition coefficient (Wildman–Crippen LogP) is 4.42. The standard InChI is InChI=1S/C32H53N2O5/c1-5-12-33(13-6-7-14-33)27-20-26-24-9-8-23-19-29(36)28(34(37)15-17-38-18-16-34)21-32(23,4)25(24)10-11-31(26,3)30(27)39-22(2)35/h5,23-30,36H,1,6-21H2,2-4H3/q+1/t23-,24+,25-,26-,27-,28-,29-,30-,31-,32-/m1/s1. The van der Waals surface area contributed by atoms with Gasteiger partial charge in [0.1, 0.15) is 31.3 Å². The minimum Gasteiger partial charge on any atom is -0.632 e. The van der Waals surface area contributed by atoms with E-state index in [4.69, 9.17) is 9.47 Å². The predicted molar refractivity (Wildman–Crippen MR) is 150 cm³/mol. The highest BCUT2D eigenvalue weighted by atomic mass is 16.6. The summed E-state index contributed by atoms with van der Waals surface area (Å²) in [5.41, 5.74) is 0.0813. The molecule has 0 bridgehead atoms. The summed E-state index contributed by atoms with van der Waals surface area (Å²) < 4.78 is 12.6. The smallest absolute Gasteiger partial charge is 0.303 e. The molecule has 6 fully saturated rings. The molecule has 0 aromatic heterocycles. The van der Waals surface area contributed by atoms with Crippen molar-refractivity contribution in [1.29, 1.82) is 0 Å². The first kappa shape index (κ1) is 28.1. The lowest BCUT2D eigenvalue weighted by molar-refractivity contribution is -0.937. The van der Waals surface area contributed by atoms with E-state index in [1.807, 2.05) is 0 Å². The Morgan fingerprint density at radius 2 is 1.77 bits per heavy atom. The van der Waals surface area contributed by atoms with Gasteiger partial charge in [-0.1, -0.05) is 20.4 Å². The molecule has 6 aliphatic rings. The van der Waals surface area contributed by atoms with Crippen LogP contribution in [0.2, 0.25) is 0 Å². The third-order valence-electron chi connectivity index (χ3n) is 13.4. The number of hydrogen-bond acceptors (Lipinski definition) is 5. The second-order valence-corrected chi connectivity index (χ2v) is 15.0. The maximum Gasteiger partial charge on any atom is 0.303 e. The second kappa shape index (κ2) is 10.1. The summed E-state index contributed by atoms with van der Waals surface area (Å²) in [5, 5.41) is 25.2. The Hall–Kier alpha value is -0.990. The Bertz CT molecular complexity index is 945. The first-order chi connectivity index (χ1) is 18.6. The van der Waals surface area contributed by atoms with Crippen molar-refractivity contribution in [2.45, 2.75) is 103 Å². The Labute approximate surface area is 235 Å². The van der Waals surface area contributed by atoms with Crippen LogP contribution in [-0.2, 0) is 14.3 Å². The third kappa shape index (κ3) is 4.36. The number of morpholine rings is 1. The van der Waals surface area contributed by atoms with Crippen molar-refractivity contribution in [1.82, 2.24) is 0 Å². The van der Waals surface area contributed by atoms with E-state index in [1.165, 1.54) is 19.3 Å². The normalized spacial score (nSPS) is 48.4. The summed E-state index contributed by atoms with van der Waals surface area (Å²) in [6.07, 6.45) is 11.4. The van der Waals surface area contributed by atoms with Gasteiger partial charge in [-0.25, -0.2) is 0 Å². The van der Waals surface area contributed by atoms with E-state index >= 15 is 0 Å². The van der Waals surface area contributed by atoms with Gasteiger partial charge in [0.05, 0.1) is 32.8 Å². The number of fused-ring (bicyclic) bond motifs is 5. The van der Waals surface area contributed by atoms with Crippen molar-refractivity contribution in [2.75, 3.05) is 45.9 Å². The molecule has 0 radical (unpaired) electrons. The number of quaternary nitrogens is 2. The molecule has 4 saturated carbocycles. The first-order valence-electron chi connectivity index (χ1n) is 16.0. The molecular formula is C32H53N2O5+. The van der Waals surface area contributed by atoms with Gasteiger partial charge < -0.3 is 28.9 Å². The Morgan fingerprint density at radius 3 is 2.44 bits per heavy atom. The lowest BCUT2D eigenvalue weighted by Crippen LogP contribution is -2.66. The molecular weight excluding hydrogens is 492 g/mol. The van der Waals surface area contributed by atoms with Gasteiger partial charge >= 0.3 is 5.97 Å². The number of carbonyl (C=O) groups excluding carboxylic acids is 1. The van der Waals surface area contributed by atoms with Crippen LogP contribution in [0.3, 0.4) is 0 Å². The summed E-state index contributed by atoms with van der Waals surface area (Å²) in [7, 11) is 0. The van der Waals surface area contributed by atoms with Crippen LogP contribution in [-0.4, -0.2) is 90.4 Å². The molecule has 6 rings (SSSR count). The van der Waals surface area contributed by atoms with Crippen LogP contribution in [0.5, 0.6) is 0 Å². The van der Waals surface area contributed by atoms with Gasteiger partial charge in [-0.05, 0) is 67.3 Å². The van der Waals surface area contributed by atoms with Crippen LogP contribution in [0, 0.1) is 39.7 Å². The molecule has 0 unspecified atom stereocenters. The lowest BCUT2D eigenvalue weighted by atomic mass is 9.44. The Balaban J connectivity index is 1.31. The minimum absolute atomic E-state index is 0.000178. The van der Waals surface area contributed by atoms with E-state index in [1.54, 1.807) is 6.92 Å². The molecule has 0 aromatic rings. The number of esters is 1. The zero-order valence-electron chi connectivity index (χ0n) is 24.7. The zero-order chi connectivity index (χ0) is 27.6. The summed E-state index contributed by atoms with van der Waals surface area (Å²) >= 11 is 0. The summed E-state index contributed by atoms with van der Waals surface area (Å²) in [6.45, 7) is 15.9. The van der Waals surface area contributed by atoms with Crippen LogP contribution < -0.4 is 0 Å². The number of nitrogens with zero attached hydrogens (tertiary/aromatic N) is 2. The molecule has 2 aliphatic heterocycles. The van der Waals surface area contributed by atoms with E-state index in [-0.39, 0.29) is 33.6 Å². The largest absolute Gasteiger partial charge is 0.632 e. The number of ether oxygens (including phenoxy) is 2. The van der Waals surface area contributed by atoms with Crippen molar-refractivity contribution in [3.63, 3.8) is 0 Å². The van der Waals surface area contributed by atoms with Crippen molar-refractivity contribution < 1.29 is 28.5 Å².